The number of nitrogens with one attached hydrogen (secondary N) is 2. The third-order valence-corrected chi connectivity index (χ3v) is 8.45. The number of carbonyl (C=O) groups is 1. The van der Waals surface area contributed by atoms with E-state index in [0.29, 0.717) is 23.7 Å². The van der Waals surface area contributed by atoms with Gasteiger partial charge in [-0.25, -0.2) is 8.42 Å². The van der Waals surface area contributed by atoms with Crippen LogP contribution in [-0.4, -0.2) is 43.2 Å². The summed E-state index contributed by atoms with van der Waals surface area (Å²) in [4.78, 5) is 15.9. The van der Waals surface area contributed by atoms with Crippen molar-refractivity contribution in [3.8, 4) is 0 Å². The molecule has 0 spiro atoms. The van der Waals surface area contributed by atoms with Gasteiger partial charge in [0.25, 0.3) is 10.0 Å². The molecule has 2 N–H and O–H groups in total. The van der Waals surface area contributed by atoms with E-state index in [-0.39, 0.29) is 18.4 Å². The predicted molar refractivity (Wildman–Crippen MR) is 111 cm³/mol. The first kappa shape index (κ1) is 19.2. The van der Waals surface area contributed by atoms with Crippen molar-refractivity contribution >= 4 is 38.2 Å². The average Bonchev–Trinajstić information content (AvgIpc) is 3.39. The van der Waals surface area contributed by atoms with Gasteiger partial charge in [-0.3, -0.25) is 4.79 Å². The monoisotopic (exact) mass is 417 g/mol. The van der Waals surface area contributed by atoms with Gasteiger partial charge in [0.05, 0.1) is 5.92 Å². The quantitative estimate of drug-likeness (QED) is 0.647. The third-order valence-electron chi connectivity index (χ3n) is 5.21. The van der Waals surface area contributed by atoms with E-state index >= 15 is 0 Å². The number of aromatic nitrogens is 1. The van der Waals surface area contributed by atoms with Gasteiger partial charge in [-0.05, 0) is 42.3 Å². The zero-order valence-electron chi connectivity index (χ0n) is 15.4. The van der Waals surface area contributed by atoms with Crippen molar-refractivity contribution in [1.29, 1.82) is 0 Å². The number of thiophene rings is 1. The molecule has 4 rings (SSSR count). The van der Waals surface area contributed by atoms with Crippen molar-refractivity contribution in [3.63, 3.8) is 0 Å². The fraction of sp³-hybridized carbons (Fsp3) is 0.350. The minimum absolute atomic E-state index is 0.0640. The standard InChI is InChI=1S/C20H23N3O3S2/c24-20(21-10-9-15-13-22-18-7-2-1-6-17(15)18)16-5-3-11-23(14-16)28(25,26)19-8-4-12-27-19/h1-2,4,6-8,12-13,16,22H,3,5,9-11,14H2,(H,21,24). The summed E-state index contributed by atoms with van der Waals surface area (Å²) in [6, 6.07) is 11.4. The summed E-state index contributed by atoms with van der Waals surface area (Å²) in [5.74, 6) is -0.364. The van der Waals surface area contributed by atoms with E-state index in [4.69, 9.17) is 0 Å². The molecule has 0 saturated carbocycles. The minimum atomic E-state index is -3.50. The lowest BCUT2D eigenvalue weighted by atomic mass is 9.99. The maximum absolute atomic E-state index is 12.7. The van der Waals surface area contributed by atoms with Crippen molar-refractivity contribution in [2.75, 3.05) is 19.6 Å². The van der Waals surface area contributed by atoms with Crippen LogP contribution in [-0.2, 0) is 21.2 Å². The molecule has 6 nitrogen and oxygen atoms in total. The van der Waals surface area contributed by atoms with Gasteiger partial charge < -0.3 is 10.3 Å². The molecule has 3 aromatic rings. The molecule has 1 atom stereocenters. The van der Waals surface area contributed by atoms with Crippen molar-refractivity contribution < 1.29 is 13.2 Å². The Bertz CT molecular complexity index is 1060. The Morgan fingerprint density at radius 1 is 1.25 bits per heavy atom. The second kappa shape index (κ2) is 8.06. The number of amides is 1. The maximum Gasteiger partial charge on any atom is 0.252 e. The number of piperidine rings is 1. The molecule has 1 amide bonds. The molecule has 1 fully saturated rings. The van der Waals surface area contributed by atoms with Gasteiger partial charge in [-0.1, -0.05) is 24.3 Å². The zero-order valence-corrected chi connectivity index (χ0v) is 17.1. The van der Waals surface area contributed by atoms with Crippen LogP contribution in [0.3, 0.4) is 0 Å². The third kappa shape index (κ3) is 3.85. The molecule has 0 aliphatic carbocycles. The summed E-state index contributed by atoms with van der Waals surface area (Å²) in [6.07, 6.45) is 4.13. The lowest BCUT2D eigenvalue weighted by molar-refractivity contribution is -0.126. The van der Waals surface area contributed by atoms with Gasteiger partial charge in [-0.15, -0.1) is 11.3 Å². The van der Waals surface area contributed by atoms with Crippen LogP contribution < -0.4 is 5.32 Å². The molecule has 3 heterocycles. The van der Waals surface area contributed by atoms with E-state index in [2.05, 4.69) is 16.4 Å². The average molecular weight is 418 g/mol. The summed E-state index contributed by atoms with van der Waals surface area (Å²) in [7, 11) is -3.50. The van der Waals surface area contributed by atoms with Gasteiger partial charge in [-0.2, -0.15) is 4.31 Å². The van der Waals surface area contributed by atoms with E-state index < -0.39 is 10.0 Å². The van der Waals surface area contributed by atoms with Crippen LogP contribution in [0.2, 0.25) is 0 Å². The molecule has 1 saturated heterocycles. The SMILES string of the molecule is O=C(NCCc1c[nH]c2ccccc12)C1CCCN(S(=O)(=O)c2cccs2)C1. The summed E-state index contributed by atoms with van der Waals surface area (Å²) < 4.78 is 27.2. The molecule has 1 aromatic carbocycles. The van der Waals surface area contributed by atoms with Gasteiger partial charge in [0.1, 0.15) is 4.21 Å². The van der Waals surface area contributed by atoms with Gasteiger partial charge in [0.2, 0.25) is 5.91 Å². The molecular formula is C20H23N3O3S2. The highest BCUT2D eigenvalue weighted by molar-refractivity contribution is 7.91. The predicted octanol–water partition coefficient (Wildman–Crippen LogP) is 2.99. The molecule has 28 heavy (non-hydrogen) atoms. The Kier molecular flexibility index (Phi) is 5.52. The van der Waals surface area contributed by atoms with Crippen LogP contribution in [0.5, 0.6) is 0 Å². The van der Waals surface area contributed by atoms with E-state index in [1.54, 1.807) is 17.5 Å². The number of nitrogens with zero attached hydrogens (tertiary/aromatic N) is 1. The summed E-state index contributed by atoms with van der Waals surface area (Å²) in [6.45, 7) is 1.26. The highest BCUT2D eigenvalue weighted by Gasteiger charge is 2.33. The first-order valence-corrected chi connectivity index (χ1v) is 11.7. The number of benzene rings is 1. The zero-order chi connectivity index (χ0) is 19.6. The smallest absolute Gasteiger partial charge is 0.252 e. The fourth-order valence-electron chi connectivity index (χ4n) is 3.72. The molecule has 1 unspecified atom stereocenters. The second-order valence-electron chi connectivity index (χ2n) is 7.03. The maximum atomic E-state index is 12.7. The molecule has 2 aromatic heterocycles. The van der Waals surface area contributed by atoms with Crippen molar-refractivity contribution in [2.24, 2.45) is 5.92 Å². The fourth-order valence-corrected chi connectivity index (χ4v) is 6.38. The van der Waals surface area contributed by atoms with Gasteiger partial charge >= 0.3 is 0 Å². The number of fused-ring (bicyclic) bond motifs is 1. The molecule has 1 aliphatic heterocycles. The first-order valence-electron chi connectivity index (χ1n) is 9.42. The largest absolute Gasteiger partial charge is 0.361 e. The lowest BCUT2D eigenvalue weighted by Crippen LogP contribution is -2.45. The van der Waals surface area contributed by atoms with Crippen molar-refractivity contribution in [2.45, 2.75) is 23.5 Å². The Balaban J connectivity index is 1.34. The Hall–Kier alpha value is -2.16. The molecule has 8 heteroatoms. The minimum Gasteiger partial charge on any atom is -0.361 e. The normalized spacial score (nSPS) is 18.4. The number of H-pyrrole nitrogens is 1. The van der Waals surface area contributed by atoms with Crippen LogP contribution in [0.1, 0.15) is 18.4 Å². The molecule has 0 radical (unpaired) electrons. The van der Waals surface area contributed by atoms with E-state index in [0.717, 1.165) is 18.4 Å². The van der Waals surface area contributed by atoms with E-state index in [1.807, 2.05) is 24.4 Å². The summed E-state index contributed by atoms with van der Waals surface area (Å²) >= 11 is 1.21. The van der Waals surface area contributed by atoms with Crippen LogP contribution in [0, 0.1) is 5.92 Å². The summed E-state index contributed by atoms with van der Waals surface area (Å²) in [5.41, 5.74) is 2.26. The van der Waals surface area contributed by atoms with Crippen LogP contribution in [0.15, 0.2) is 52.2 Å². The Morgan fingerprint density at radius 3 is 2.93 bits per heavy atom. The topological polar surface area (TPSA) is 82.3 Å². The van der Waals surface area contributed by atoms with Crippen molar-refractivity contribution in [1.82, 2.24) is 14.6 Å². The van der Waals surface area contributed by atoms with E-state index in [1.165, 1.54) is 26.6 Å². The first-order chi connectivity index (χ1) is 13.6. The number of aromatic amines is 1. The number of rotatable bonds is 6. The van der Waals surface area contributed by atoms with Crippen molar-refractivity contribution in [3.05, 3.63) is 53.5 Å². The number of hydrogen-bond acceptors (Lipinski definition) is 4. The molecule has 148 valence electrons. The Morgan fingerprint density at radius 2 is 2.11 bits per heavy atom. The lowest BCUT2D eigenvalue weighted by Gasteiger charge is -2.30. The highest BCUT2D eigenvalue weighted by Crippen LogP contribution is 2.26. The van der Waals surface area contributed by atoms with Gasteiger partial charge in [0.15, 0.2) is 0 Å². The van der Waals surface area contributed by atoms with Crippen LogP contribution in [0.25, 0.3) is 10.9 Å². The molecule has 0 bridgehead atoms. The van der Waals surface area contributed by atoms with Crippen LogP contribution >= 0.6 is 11.3 Å². The highest BCUT2D eigenvalue weighted by atomic mass is 32.2. The number of para-hydroxylation sites is 1. The number of carbonyl (C=O) groups excluding carboxylic acids is 1. The summed E-state index contributed by atoms with van der Waals surface area (Å²) in [5, 5.41) is 5.92. The molecular weight excluding hydrogens is 394 g/mol. The second-order valence-corrected chi connectivity index (χ2v) is 10.1. The van der Waals surface area contributed by atoms with E-state index in [9.17, 15) is 13.2 Å². The van der Waals surface area contributed by atoms with Crippen LogP contribution in [0.4, 0.5) is 0 Å². The number of sulfonamides is 1. The number of hydrogen-bond donors (Lipinski definition) is 2. The Labute approximate surface area is 168 Å². The van der Waals surface area contributed by atoms with Gasteiger partial charge in [0, 0.05) is 36.7 Å². The molecule has 1 aliphatic rings.